The molecule has 1 unspecified atom stereocenters. The van der Waals surface area contributed by atoms with Crippen molar-refractivity contribution in [2.24, 2.45) is 0 Å². The van der Waals surface area contributed by atoms with E-state index in [0.717, 1.165) is 35.7 Å². The molecule has 0 amide bonds. The number of aromatic nitrogens is 2. The van der Waals surface area contributed by atoms with Gasteiger partial charge < -0.3 is 9.84 Å². The molecule has 1 aliphatic rings. The standard InChI is InChI=1S/C14H16BrN3O/c15-12-6-2-1-4-10(12)8-13-17-14(19-18-13)11-5-3-7-16-9-11/h1-2,4,6,11,16H,3,5,7-9H2. The van der Waals surface area contributed by atoms with Gasteiger partial charge in [-0.2, -0.15) is 4.98 Å². The molecule has 4 nitrogen and oxygen atoms in total. The van der Waals surface area contributed by atoms with E-state index in [-0.39, 0.29) is 0 Å². The highest BCUT2D eigenvalue weighted by molar-refractivity contribution is 9.10. The second-order valence-electron chi connectivity index (χ2n) is 4.86. The van der Waals surface area contributed by atoms with Crippen LogP contribution in [-0.4, -0.2) is 23.2 Å². The zero-order valence-corrected chi connectivity index (χ0v) is 12.2. The van der Waals surface area contributed by atoms with Gasteiger partial charge in [-0.1, -0.05) is 39.3 Å². The van der Waals surface area contributed by atoms with Gasteiger partial charge in [0.25, 0.3) is 0 Å². The van der Waals surface area contributed by atoms with Crippen LogP contribution >= 0.6 is 15.9 Å². The summed E-state index contributed by atoms with van der Waals surface area (Å²) in [7, 11) is 0. The summed E-state index contributed by atoms with van der Waals surface area (Å²) in [5.74, 6) is 1.90. The minimum atomic E-state index is 0.370. The van der Waals surface area contributed by atoms with Crippen LogP contribution in [0, 0.1) is 0 Å². The van der Waals surface area contributed by atoms with E-state index in [0.29, 0.717) is 12.3 Å². The predicted molar refractivity (Wildman–Crippen MR) is 76.1 cm³/mol. The maximum absolute atomic E-state index is 5.40. The monoisotopic (exact) mass is 321 g/mol. The fourth-order valence-electron chi connectivity index (χ4n) is 2.38. The van der Waals surface area contributed by atoms with E-state index in [9.17, 15) is 0 Å². The Bertz CT molecular complexity index is 549. The van der Waals surface area contributed by atoms with Gasteiger partial charge in [0, 0.05) is 17.4 Å². The summed E-state index contributed by atoms with van der Waals surface area (Å²) >= 11 is 3.54. The van der Waals surface area contributed by atoms with Gasteiger partial charge in [-0.3, -0.25) is 0 Å². The summed E-state index contributed by atoms with van der Waals surface area (Å²) < 4.78 is 6.48. The van der Waals surface area contributed by atoms with E-state index in [1.165, 1.54) is 12.0 Å². The summed E-state index contributed by atoms with van der Waals surface area (Å²) in [5, 5.41) is 7.46. The van der Waals surface area contributed by atoms with E-state index < -0.39 is 0 Å². The number of nitrogens with one attached hydrogen (secondary N) is 1. The van der Waals surface area contributed by atoms with Crippen molar-refractivity contribution in [2.45, 2.75) is 25.2 Å². The van der Waals surface area contributed by atoms with Crippen molar-refractivity contribution >= 4 is 15.9 Å². The highest BCUT2D eigenvalue weighted by atomic mass is 79.9. The molecular weight excluding hydrogens is 306 g/mol. The minimum absolute atomic E-state index is 0.370. The minimum Gasteiger partial charge on any atom is -0.339 e. The van der Waals surface area contributed by atoms with Crippen LogP contribution in [0.5, 0.6) is 0 Å². The lowest BCUT2D eigenvalue weighted by Gasteiger charge is -2.18. The van der Waals surface area contributed by atoms with Gasteiger partial charge in [0.1, 0.15) is 0 Å². The molecule has 2 aromatic rings. The third kappa shape index (κ3) is 3.04. The van der Waals surface area contributed by atoms with Crippen molar-refractivity contribution in [3.05, 3.63) is 46.0 Å². The summed E-state index contributed by atoms with van der Waals surface area (Å²) in [6, 6.07) is 8.12. The second-order valence-corrected chi connectivity index (χ2v) is 5.71. The van der Waals surface area contributed by atoms with Crippen LogP contribution in [0.1, 0.15) is 36.0 Å². The molecule has 1 saturated heterocycles. The van der Waals surface area contributed by atoms with E-state index >= 15 is 0 Å². The highest BCUT2D eigenvalue weighted by Crippen LogP contribution is 2.23. The van der Waals surface area contributed by atoms with Crippen LogP contribution < -0.4 is 5.32 Å². The van der Waals surface area contributed by atoms with Gasteiger partial charge in [0.15, 0.2) is 5.82 Å². The first-order chi connectivity index (χ1) is 9.33. The Morgan fingerprint density at radius 1 is 1.37 bits per heavy atom. The first-order valence-electron chi connectivity index (χ1n) is 6.59. The van der Waals surface area contributed by atoms with E-state index in [4.69, 9.17) is 4.52 Å². The fraction of sp³-hybridized carbons (Fsp3) is 0.429. The van der Waals surface area contributed by atoms with Crippen LogP contribution in [0.4, 0.5) is 0 Å². The van der Waals surface area contributed by atoms with Crippen LogP contribution in [0.3, 0.4) is 0 Å². The molecular formula is C14H16BrN3O. The Balaban J connectivity index is 1.73. The van der Waals surface area contributed by atoms with Crippen molar-refractivity contribution in [1.29, 1.82) is 0 Å². The van der Waals surface area contributed by atoms with Gasteiger partial charge in [-0.25, -0.2) is 0 Å². The van der Waals surface area contributed by atoms with Gasteiger partial charge in [-0.05, 0) is 31.0 Å². The number of piperidine rings is 1. The van der Waals surface area contributed by atoms with Crippen LogP contribution in [-0.2, 0) is 6.42 Å². The molecule has 1 aromatic heterocycles. The lowest BCUT2D eigenvalue weighted by molar-refractivity contribution is 0.320. The van der Waals surface area contributed by atoms with Gasteiger partial charge in [0.2, 0.25) is 5.89 Å². The molecule has 0 radical (unpaired) electrons. The molecule has 100 valence electrons. The third-order valence-corrected chi connectivity index (χ3v) is 4.21. The summed E-state index contributed by atoms with van der Waals surface area (Å²) in [4.78, 5) is 4.53. The molecule has 5 heteroatoms. The van der Waals surface area contributed by atoms with Gasteiger partial charge in [-0.15, -0.1) is 0 Å². The van der Waals surface area contributed by atoms with Crippen molar-refractivity contribution in [2.75, 3.05) is 13.1 Å². The summed E-state index contributed by atoms with van der Waals surface area (Å²) in [6.45, 7) is 2.03. The Kier molecular flexibility index (Phi) is 3.94. The molecule has 1 aromatic carbocycles. The topological polar surface area (TPSA) is 51.0 Å². The van der Waals surface area contributed by atoms with Gasteiger partial charge >= 0.3 is 0 Å². The Morgan fingerprint density at radius 3 is 3.05 bits per heavy atom. The number of hydrogen-bond acceptors (Lipinski definition) is 4. The van der Waals surface area contributed by atoms with Crippen LogP contribution in [0.25, 0.3) is 0 Å². The Hall–Kier alpha value is -1.20. The molecule has 1 fully saturated rings. The quantitative estimate of drug-likeness (QED) is 0.944. The Labute approximate surface area is 120 Å². The molecule has 0 bridgehead atoms. The first-order valence-corrected chi connectivity index (χ1v) is 7.39. The van der Waals surface area contributed by atoms with Crippen molar-refractivity contribution in [3.63, 3.8) is 0 Å². The van der Waals surface area contributed by atoms with Crippen molar-refractivity contribution in [1.82, 2.24) is 15.5 Å². The number of rotatable bonds is 3. The molecule has 0 spiro atoms. The SMILES string of the molecule is Brc1ccccc1Cc1noc(C2CCCNC2)n1. The molecule has 19 heavy (non-hydrogen) atoms. The molecule has 1 aliphatic heterocycles. The number of benzene rings is 1. The molecule has 0 saturated carbocycles. The molecule has 3 rings (SSSR count). The zero-order valence-electron chi connectivity index (χ0n) is 10.6. The smallest absolute Gasteiger partial charge is 0.231 e. The second kappa shape index (κ2) is 5.84. The largest absolute Gasteiger partial charge is 0.339 e. The number of hydrogen-bond donors (Lipinski definition) is 1. The van der Waals surface area contributed by atoms with Crippen molar-refractivity contribution in [3.8, 4) is 0 Å². The molecule has 2 heterocycles. The van der Waals surface area contributed by atoms with Crippen LogP contribution in [0.2, 0.25) is 0 Å². The van der Waals surface area contributed by atoms with E-state index in [1.54, 1.807) is 0 Å². The average molecular weight is 322 g/mol. The van der Waals surface area contributed by atoms with Gasteiger partial charge in [0.05, 0.1) is 5.92 Å². The zero-order chi connectivity index (χ0) is 13.1. The number of halogens is 1. The lowest BCUT2D eigenvalue weighted by atomic mass is 10.00. The Morgan fingerprint density at radius 2 is 2.26 bits per heavy atom. The summed E-state index contributed by atoms with van der Waals surface area (Å²) in [6.07, 6.45) is 3.00. The van der Waals surface area contributed by atoms with E-state index in [2.05, 4.69) is 37.5 Å². The fourth-order valence-corrected chi connectivity index (χ4v) is 2.80. The molecule has 1 N–H and O–H groups in total. The maximum Gasteiger partial charge on any atom is 0.231 e. The third-order valence-electron chi connectivity index (χ3n) is 3.44. The molecule has 1 atom stereocenters. The number of nitrogens with zero attached hydrogens (tertiary/aromatic N) is 2. The average Bonchev–Trinajstić information content (AvgIpc) is 2.91. The summed E-state index contributed by atoms with van der Waals surface area (Å²) in [5.41, 5.74) is 1.18. The van der Waals surface area contributed by atoms with Crippen molar-refractivity contribution < 1.29 is 4.52 Å². The molecule has 0 aliphatic carbocycles. The normalized spacial score (nSPS) is 19.5. The lowest BCUT2D eigenvalue weighted by Crippen LogP contribution is -2.28. The van der Waals surface area contributed by atoms with Crippen LogP contribution in [0.15, 0.2) is 33.3 Å². The maximum atomic E-state index is 5.40. The predicted octanol–water partition coefficient (Wildman–Crippen LogP) is 2.89. The van der Waals surface area contributed by atoms with E-state index in [1.807, 2.05) is 18.2 Å². The first kappa shape index (κ1) is 12.8. The highest BCUT2D eigenvalue weighted by Gasteiger charge is 2.21.